The molecule has 3 N–H and O–H groups in total. The van der Waals surface area contributed by atoms with E-state index in [0.717, 1.165) is 5.69 Å². The molecule has 1 fully saturated rings. The molecule has 2 aromatic rings. The van der Waals surface area contributed by atoms with Crippen LogP contribution in [-0.4, -0.2) is 36.4 Å². The Labute approximate surface area is 171 Å². The maximum absolute atomic E-state index is 11.7. The number of nitrogens with zero attached hydrogens (tertiary/aromatic N) is 2. The summed E-state index contributed by atoms with van der Waals surface area (Å²) >= 11 is 7.30. The lowest BCUT2D eigenvalue weighted by Gasteiger charge is -2.31. The summed E-state index contributed by atoms with van der Waals surface area (Å²) in [5.41, 5.74) is -0.265. The molecule has 0 radical (unpaired) electrons. The SMILES string of the molecule is Br.CN1C(=Nc2ccccc2)SCC1(O)c1ccc(Cl)c(S(N)(=O)=O)c1. The normalized spacial score (nSPS) is 21.7. The van der Waals surface area contributed by atoms with E-state index in [-0.39, 0.29) is 26.9 Å². The van der Waals surface area contributed by atoms with Crippen LogP contribution in [0.5, 0.6) is 0 Å². The third-order valence-corrected chi connectivity index (χ3v) is 6.49. The van der Waals surface area contributed by atoms with Gasteiger partial charge in [0.1, 0.15) is 4.90 Å². The minimum atomic E-state index is -3.99. The number of aliphatic imine (C=N–C) groups is 1. The first-order valence-electron chi connectivity index (χ1n) is 7.27. The van der Waals surface area contributed by atoms with Crippen LogP contribution in [0.4, 0.5) is 5.69 Å². The standard InChI is InChI=1S/C16H16ClN3O3S2.BrH/c1-20-15(19-12-5-3-2-4-6-12)24-10-16(20,21)11-7-8-13(17)14(9-11)25(18,22)23;/h2-9,21H,10H2,1H3,(H2,18,22,23);1H. The third kappa shape index (κ3) is 4.08. The summed E-state index contributed by atoms with van der Waals surface area (Å²) in [6.45, 7) is 0. The number of primary sulfonamides is 1. The topological polar surface area (TPSA) is 96.0 Å². The molecule has 0 amide bonds. The number of hydrogen-bond donors (Lipinski definition) is 2. The van der Waals surface area contributed by atoms with Crippen molar-refractivity contribution in [3.05, 3.63) is 59.1 Å². The van der Waals surface area contributed by atoms with Crippen LogP contribution in [0.1, 0.15) is 5.56 Å². The summed E-state index contributed by atoms with van der Waals surface area (Å²) < 4.78 is 23.4. The van der Waals surface area contributed by atoms with Crippen LogP contribution in [-0.2, 0) is 15.7 Å². The molecule has 1 aliphatic rings. The monoisotopic (exact) mass is 477 g/mol. The summed E-state index contributed by atoms with van der Waals surface area (Å²) in [6.07, 6.45) is 0. The van der Waals surface area contributed by atoms with E-state index in [1.54, 1.807) is 18.0 Å². The molecule has 26 heavy (non-hydrogen) atoms. The van der Waals surface area contributed by atoms with Crippen molar-refractivity contribution in [1.29, 1.82) is 0 Å². The van der Waals surface area contributed by atoms with Crippen LogP contribution in [0.25, 0.3) is 0 Å². The number of halogens is 2. The van der Waals surface area contributed by atoms with Gasteiger partial charge in [-0.15, -0.1) is 17.0 Å². The summed E-state index contributed by atoms with van der Waals surface area (Å²) in [4.78, 5) is 5.92. The van der Waals surface area contributed by atoms with E-state index >= 15 is 0 Å². The number of sulfonamides is 1. The fourth-order valence-corrected chi connectivity index (χ4v) is 4.76. The maximum atomic E-state index is 11.7. The van der Waals surface area contributed by atoms with Gasteiger partial charge in [-0.25, -0.2) is 18.5 Å². The molecular formula is C16H17BrClN3O3S2. The molecule has 1 atom stereocenters. The molecule has 10 heteroatoms. The lowest BCUT2D eigenvalue weighted by molar-refractivity contribution is -0.0349. The lowest BCUT2D eigenvalue weighted by atomic mass is 10.0. The van der Waals surface area contributed by atoms with Gasteiger partial charge < -0.3 is 10.0 Å². The first-order chi connectivity index (χ1) is 11.7. The third-order valence-electron chi connectivity index (χ3n) is 3.93. The van der Waals surface area contributed by atoms with Gasteiger partial charge in [0.15, 0.2) is 10.9 Å². The second-order valence-electron chi connectivity index (χ2n) is 5.58. The Kier molecular flexibility index (Phi) is 6.42. The van der Waals surface area contributed by atoms with Gasteiger partial charge in [-0.05, 0) is 24.3 Å². The summed E-state index contributed by atoms with van der Waals surface area (Å²) in [6, 6.07) is 13.7. The molecule has 0 spiro atoms. The van der Waals surface area contributed by atoms with Gasteiger partial charge in [-0.1, -0.05) is 47.6 Å². The number of amidine groups is 1. The number of rotatable bonds is 3. The van der Waals surface area contributed by atoms with Gasteiger partial charge in [0.25, 0.3) is 0 Å². The maximum Gasteiger partial charge on any atom is 0.239 e. The molecular weight excluding hydrogens is 462 g/mol. The molecule has 6 nitrogen and oxygen atoms in total. The number of benzene rings is 2. The second-order valence-corrected chi connectivity index (χ2v) is 8.46. The van der Waals surface area contributed by atoms with E-state index in [2.05, 4.69) is 4.99 Å². The van der Waals surface area contributed by atoms with Crippen LogP contribution in [0, 0.1) is 0 Å². The molecule has 140 valence electrons. The molecule has 3 rings (SSSR count). The van der Waals surface area contributed by atoms with Crippen molar-refractivity contribution in [2.45, 2.75) is 10.6 Å². The predicted octanol–water partition coefficient (Wildman–Crippen LogP) is 3.08. The average Bonchev–Trinajstić information content (AvgIpc) is 2.85. The Morgan fingerprint density at radius 2 is 1.92 bits per heavy atom. The van der Waals surface area contributed by atoms with E-state index in [9.17, 15) is 13.5 Å². The van der Waals surface area contributed by atoms with E-state index in [1.165, 1.54) is 23.9 Å². The van der Waals surface area contributed by atoms with Crippen LogP contribution >= 0.6 is 40.3 Å². The van der Waals surface area contributed by atoms with Gasteiger partial charge in [-0.3, -0.25) is 0 Å². The molecule has 1 saturated heterocycles. The second kappa shape index (κ2) is 7.87. The summed E-state index contributed by atoms with van der Waals surface area (Å²) in [7, 11) is -2.29. The Morgan fingerprint density at radius 1 is 1.27 bits per heavy atom. The highest BCUT2D eigenvalue weighted by Crippen LogP contribution is 2.40. The highest BCUT2D eigenvalue weighted by molar-refractivity contribution is 8.93. The van der Waals surface area contributed by atoms with Crippen molar-refractivity contribution in [3.63, 3.8) is 0 Å². The molecule has 1 heterocycles. The van der Waals surface area contributed by atoms with Gasteiger partial charge in [0.05, 0.1) is 16.5 Å². The molecule has 1 aliphatic heterocycles. The Balaban J connectivity index is 0.00000243. The first-order valence-corrected chi connectivity index (χ1v) is 10.2. The van der Waals surface area contributed by atoms with Gasteiger partial charge in [0, 0.05) is 12.6 Å². The van der Waals surface area contributed by atoms with Crippen LogP contribution in [0.3, 0.4) is 0 Å². The number of para-hydroxylation sites is 1. The van der Waals surface area contributed by atoms with Gasteiger partial charge in [-0.2, -0.15) is 0 Å². The van der Waals surface area contributed by atoms with Crippen molar-refractivity contribution >= 4 is 61.2 Å². The van der Waals surface area contributed by atoms with Gasteiger partial charge in [0.2, 0.25) is 10.0 Å². The van der Waals surface area contributed by atoms with Crippen LogP contribution < -0.4 is 5.14 Å². The van der Waals surface area contributed by atoms with E-state index in [1.807, 2.05) is 30.3 Å². The summed E-state index contributed by atoms with van der Waals surface area (Å²) in [5.74, 6) is 0.293. The van der Waals surface area contributed by atoms with Crippen LogP contribution in [0.15, 0.2) is 58.4 Å². The minimum absolute atomic E-state index is 0. The molecule has 0 saturated carbocycles. The molecule has 0 aliphatic carbocycles. The number of hydrogen-bond acceptors (Lipinski definition) is 5. The smallest absolute Gasteiger partial charge is 0.239 e. The molecule has 0 aromatic heterocycles. The quantitative estimate of drug-likeness (QED) is 0.707. The Morgan fingerprint density at radius 3 is 2.54 bits per heavy atom. The van der Waals surface area contributed by atoms with E-state index < -0.39 is 15.7 Å². The minimum Gasteiger partial charge on any atom is -0.366 e. The largest absolute Gasteiger partial charge is 0.366 e. The highest BCUT2D eigenvalue weighted by Gasteiger charge is 2.43. The van der Waals surface area contributed by atoms with Crippen molar-refractivity contribution in [2.24, 2.45) is 10.1 Å². The Hall–Kier alpha value is -1.10. The van der Waals surface area contributed by atoms with Crippen LogP contribution in [0.2, 0.25) is 5.02 Å². The zero-order valence-electron chi connectivity index (χ0n) is 13.7. The van der Waals surface area contributed by atoms with Gasteiger partial charge >= 0.3 is 0 Å². The van der Waals surface area contributed by atoms with Crippen molar-refractivity contribution in [1.82, 2.24) is 4.90 Å². The van der Waals surface area contributed by atoms with Crippen molar-refractivity contribution < 1.29 is 13.5 Å². The zero-order chi connectivity index (χ0) is 18.2. The fourth-order valence-electron chi connectivity index (χ4n) is 2.48. The van der Waals surface area contributed by atoms with E-state index in [4.69, 9.17) is 16.7 Å². The summed E-state index contributed by atoms with van der Waals surface area (Å²) in [5, 5.41) is 16.9. The first kappa shape index (κ1) is 21.2. The van der Waals surface area contributed by atoms with Crippen molar-refractivity contribution in [2.75, 3.05) is 12.8 Å². The van der Waals surface area contributed by atoms with Crippen molar-refractivity contribution in [3.8, 4) is 0 Å². The number of thioether (sulfide) groups is 1. The number of nitrogens with two attached hydrogens (primary N) is 1. The predicted molar refractivity (Wildman–Crippen MR) is 111 cm³/mol. The number of aliphatic hydroxyl groups is 1. The average molecular weight is 479 g/mol. The molecule has 1 unspecified atom stereocenters. The van der Waals surface area contributed by atoms with E-state index in [0.29, 0.717) is 16.5 Å². The molecule has 2 aromatic carbocycles. The zero-order valence-corrected chi connectivity index (χ0v) is 17.8. The highest BCUT2D eigenvalue weighted by atomic mass is 79.9. The lowest BCUT2D eigenvalue weighted by Crippen LogP contribution is -2.42. The Bertz CT molecular complexity index is 941. The molecule has 0 bridgehead atoms. The fraction of sp³-hybridized carbons (Fsp3) is 0.188.